The number of aromatic nitrogens is 4. The van der Waals surface area contributed by atoms with Gasteiger partial charge in [-0.05, 0) is 13.3 Å². The van der Waals surface area contributed by atoms with Gasteiger partial charge in [0.05, 0.1) is 11.4 Å². The Morgan fingerprint density at radius 3 is 2.80 bits per heavy atom. The highest BCUT2D eigenvalue weighted by Gasteiger charge is 2.14. The number of aryl methyl sites for hydroxylation is 2. The number of rotatable bonds is 2. The van der Waals surface area contributed by atoms with Crippen LogP contribution in [0.3, 0.4) is 0 Å². The van der Waals surface area contributed by atoms with E-state index in [1.807, 2.05) is 24.9 Å². The van der Waals surface area contributed by atoms with Gasteiger partial charge < -0.3 is 5.73 Å². The molecular formula is C10H15N5. The smallest absolute Gasteiger partial charge is 0.148 e. The molecule has 0 unspecified atom stereocenters. The highest BCUT2D eigenvalue weighted by Crippen LogP contribution is 2.26. The molecule has 0 fully saturated rings. The zero-order chi connectivity index (χ0) is 11.0. The summed E-state index contributed by atoms with van der Waals surface area (Å²) in [7, 11) is 1.91. The number of nitrogen functional groups attached to an aromatic ring is 1. The van der Waals surface area contributed by atoms with Gasteiger partial charge in [-0.1, -0.05) is 6.92 Å². The van der Waals surface area contributed by atoms with E-state index < -0.39 is 0 Å². The van der Waals surface area contributed by atoms with Crippen LogP contribution in [0.1, 0.15) is 18.2 Å². The van der Waals surface area contributed by atoms with E-state index in [2.05, 4.69) is 22.2 Å². The van der Waals surface area contributed by atoms with E-state index in [0.717, 1.165) is 28.9 Å². The molecule has 0 spiro atoms. The monoisotopic (exact) mass is 205 g/mol. The van der Waals surface area contributed by atoms with E-state index in [-0.39, 0.29) is 0 Å². The van der Waals surface area contributed by atoms with Crippen LogP contribution in [0.2, 0.25) is 0 Å². The highest BCUT2D eigenvalue weighted by molar-refractivity contribution is 5.68. The van der Waals surface area contributed by atoms with Gasteiger partial charge in [-0.2, -0.15) is 10.2 Å². The zero-order valence-corrected chi connectivity index (χ0v) is 9.20. The summed E-state index contributed by atoms with van der Waals surface area (Å²) in [4.78, 5) is 0. The van der Waals surface area contributed by atoms with Gasteiger partial charge in [-0.25, -0.2) is 0 Å². The van der Waals surface area contributed by atoms with Crippen molar-refractivity contribution >= 4 is 5.82 Å². The van der Waals surface area contributed by atoms with Gasteiger partial charge in [-0.15, -0.1) is 0 Å². The second-order valence-electron chi connectivity index (χ2n) is 3.63. The molecule has 0 aliphatic heterocycles. The van der Waals surface area contributed by atoms with Crippen LogP contribution in [0.5, 0.6) is 0 Å². The second kappa shape index (κ2) is 3.42. The largest absolute Gasteiger partial charge is 0.382 e. The maximum absolute atomic E-state index is 5.71. The number of nitrogens with zero attached hydrogens (tertiary/aromatic N) is 3. The van der Waals surface area contributed by atoms with Crippen molar-refractivity contribution < 1.29 is 0 Å². The fourth-order valence-electron chi connectivity index (χ4n) is 1.68. The van der Waals surface area contributed by atoms with E-state index >= 15 is 0 Å². The van der Waals surface area contributed by atoms with Gasteiger partial charge >= 0.3 is 0 Å². The molecule has 0 bridgehead atoms. The Kier molecular flexibility index (Phi) is 2.22. The molecule has 2 aromatic rings. The van der Waals surface area contributed by atoms with Crippen LogP contribution in [-0.4, -0.2) is 20.0 Å². The standard InChI is InChI=1S/C10H15N5/c1-4-8-7(5-15(3)14-8)9-6(2)10(11)13-12-9/h5H,4H2,1-3H3,(H3,11,12,13). The third-order valence-electron chi connectivity index (χ3n) is 2.56. The number of aromatic amines is 1. The Balaban J connectivity index is 2.57. The molecular weight excluding hydrogens is 190 g/mol. The number of nitrogens with two attached hydrogens (primary N) is 1. The van der Waals surface area contributed by atoms with E-state index in [1.54, 1.807) is 0 Å². The highest BCUT2D eigenvalue weighted by atomic mass is 15.3. The first-order valence-corrected chi connectivity index (χ1v) is 4.96. The molecule has 5 nitrogen and oxygen atoms in total. The molecule has 0 amide bonds. The number of hydrogen-bond donors (Lipinski definition) is 2. The summed E-state index contributed by atoms with van der Waals surface area (Å²) in [5.74, 6) is 0.552. The lowest BCUT2D eigenvalue weighted by molar-refractivity contribution is 0.746. The van der Waals surface area contributed by atoms with E-state index in [0.29, 0.717) is 5.82 Å². The van der Waals surface area contributed by atoms with E-state index in [4.69, 9.17) is 5.73 Å². The minimum absolute atomic E-state index is 0.552. The zero-order valence-electron chi connectivity index (χ0n) is 9.20. The number of hydrogen-bond acceptors (Lipinski definition) is 3. The minimum Gasteiger partial charge on any atom is -0.382 e. The normalized spacial score (nSPS) is 10.9. The SMILES string of the molecule is CCc1nn(C)cc1-c1[nH]nc(N)c1C. The van der Waals surface area contributed by atoms with Crippen LogP contribution in [0, 0.1) is 6.92 Å². The molecule has 15 heavy (non-hydrogen) atoms. The molecule has 5 heteroatoms. The Morgan fingerprint density at radius 1 is 1.53 bits per heavy atom. The predicted octanol–water partition coefficient (Wildman–Crippen LogP) is 1.26. The molecule has 0 radical (unpaired) electrons. The summed E-state index contributed by atoms with van der Waals surface area (Å²) >= 11 is 0. The van der Waals surface area contributed by atoms with Crippen molar-refractivity contribution in [3.05, 3.63) is 17.5 Å². The number of H-pyrrole nitrogens is 1. The Hall–Kier alpha value is -1.78. The lowest BCUT2D eigenvalue weighted by Gasteiger charge is -1.97. The topological polar surface area (TPSA) is 72.5 Å². The molecule has 0 atom stereocenters. The van der Waals surface area contributed by atoms with Crippen molar-refractivity contribution in [3.8, 4) is 11.3 Å². The molecule has 0 aromatic carbocycles. The minimum atomic E-state index is 0.552. The van der Waals surface area contributed by atoms with Crippen LogP contribution in [0.25, 0.3) is 11.3 Å². The van der Waals surface area contributed by atoms with Crippen molar-refractivity contribution in [3.63, 3.8) is 0 Å². The van der Waals surface area contributed by atoms with Crippen molar-refractivity contribution in [2.75, 3.05) is 5.73 Å². The molecule has 2 heterocycles. The van der Waals surface area contributed by atoms with Crippen LogP contribution in [0.15, 0.2) is 6.20 Å². The summed E-state index contributed by atoms with van der Waals surface area (Å²) in [6, 6.07) is 0. The van der Waals surface area contributed by atoms with Gasteiger partial charge in [0.25, 0.3) is 0 Å². The van der Waals surface area contributed by atoms with Crippen molar-refractivity contribution in [2.45, 2.75) is 20.3 Å². The van der Waals surface area contributed by atoms with E-state index in [1.165, 1.54) is 0 Å². The summed E-state index contributed by atoms with van der Waals surface area (Å²) in [5, 5.41) is 11.3. The Labute approximate surface area is 88.3 Å². The fourth-order valence-corrected chi connectivity index (χ4v) is 1.68. The third kappa shape index (κ3) is 1.49. The van der Waals surface area contributed by atoms with Gasteiger partial charge in [0.15, 0.2) is 0 Å². The maximum atomic E-state index is 5.71. The molecule has 3 N–H and O–H groups in total. The summed E-state index contributed by atoms with van der Waals surface area (Å²) in [6.07, 6.45) is 2.88. The first kappa shape index (κ1) is 9.76. The van der Waals surface area contributed by atoms with E-state index in [9.17, 15) is 0 Å². The average molecular weight is 205 g/mol. The first-order chi connectivity index (χ1) is 7.13. The molecule has 80 valence electrons. The lowest BCUT2D eigenvalue weighted by atomic mass is 10.1. The van der Waals surface area contributed by atoms with Crippen LogP contribution in [0.4, 0.5) is 5.82 Å². The van der Waals surface area contributed by atoms with Gasteiger partial charge in [-0.3, -0.25) is 9.78 Å². The second-order valence-corrected chi connectivity index (χ2v) is 3.63. The Bertz CT molecular complexity index is 480. The summed E-state index contributed by atoms with van der Waals surface area (Å²) in [5.41, 5.74) is 9.80. The molecule has 0 aliphatic carbocycles. The predicted molar refractivity (Wildman–Crippen MR) is 59.3 cm³/mol. The Morgan fingerprint density at radius 2 is 2.27 bits per heavy atom. The quantitative estimate of drug-likeness (QED) is 0.775. The molecule has 2 rings (SSSR count). The number of anilines is 1. The first-order valence-electron chi connectivity index (χ1n) is 4.96. The van der Waals surface area contributed by atoms with Crippen LogP contribution < -0.4 is 5.73 Å². The molecule has 0 aliphatic rings. The average Bonchev–Trinajstić information content (AvgIpc) is 2.72. The maximum Gasteiger partial charge on any atom is 0.148 e. The lowest BCUT2D eigenvalue weighted by Crippen LogP contribution is -1.89. The fraction of sp³-hybridized carbons (Fsp3) is 0.400. The molecule has 2 aromatic heterocycles. The van der Waals surface area contributed by atoms with Crippen molar-refractivity contribution in [1.29, 1.82) is 0 Å². The summed E-state index contributed by atoms with van der Waals surface area (Å²) < 4.78 is 1.81. The van der Waals surface area contributed by atoms with Crippen LogP contribution >= 0.6 is 0 Å². The van der Waals surface area contributed by atoms with Crippen molar-refractivity contribution in [2.24, 2.45) is 7.05 Å². The molecule has 0 saturated carbocycles. The number of nitrogens with one attached hydrogen (secondary N) is 1. The summed E-state index contributed by atoms with van der Waals surface area (Å²) in [6.45, 7) is 4.04. The van der Waals surface area contributed by atoms with Gasteiger partial charge in [0.1, 0.15) is 5.82 Å². The van der Waals surface area contributed by atoms with Crippen LogP contribution in [-0.2, 0) is 13.5 Å². The third-order valence-corrected chi connectivity index (χ3v) is 2.56. The molecule has 0 saturated heterocycles. The van der Waals surface area contributed by atoms with Crippen molar-refractivity contribution in [1.82, 2.24) is 20.0 Å². The van der Waals surface area contributed by atoms with Gasteiger partial charge in [0, 0.05) is 24.4 Å². The van der Waals surface area contributed by atoms with Gasteiger partial charge in [0.2, 0.25) is 0 Å².